The average Bonchev–Trinajstić information content (AvgIpc) is 2.87. The quantitative estimate of drug-likeness (QED) is 0.615. The van der Waals surface area contributed by atoms with E-state index in [1.807, 2.05) is 60.1 Å². The van der Waals surface area contributed by atoms with E-state index in [9.17, 15) is 0 Å². The Labute approximate surface area is 143 Å². The third-order valence-electron chi connectivity index (χ3n) is 3.23. The molecule has 0 unspecified atom stereocenters. The zero-order valence-electron chi connectivity index (χ0n) is 11.8. The van der Waals surface area contributed by atoms with Crippen LogP contribution in [0.5, 0.6) is 0 Å². The molecule has 6 heteroatoms. The van der Waals surface area contributed by atoms with Gasteiger partial charge in [0.2, 0.25) is 0 Å². The van der Waals surface area contributed by atoms with Gasteiger partial charge in [0, 0.05) is 28.4 Å². The van der Waals surface area contributed by atoms with Gasteiger partial charge in [-0.15, -0.1) is 10.2 Å². The highest BCUT2D eigenvalue weighted by Gasteiger charge is 2.12. The number of aromatic nitrogens is 3. The Bertz CT molecular complexity index is 802. The number of hydrogen-bond donors (Lipinski definition) is 0. The Kier molecular flexibility index (Phi) is 4.71. The summed E-state index contributed by atoms with van der Waals surface area (Å²) in [6.45, 7) is 0. The molecule has 0 N–H and O–H groups in total. The summed E-state index contributed by atoms with van der Waals surface area (Å²) in [5.74, 6) is 1.55. The molecule has 1 heterocycles. The topological polar surface area (TPSA) is 30.7 Å². The van der Waals surface area contributed by atoms with Crippen LogP contribution in [0.15, 0.2) is 53.7 Å². The summed E-state index contributed by atoms with van der Waals surface area (Å²) in [6, 6.07) is 15.4. The molecule has 112 valence electrons. The summed E-state index contributed by atoms with van der Waals surface area (Å²) in [4.78, 5) is 0. The number of nitrogens with zero attached hydrogens (tertiary/aromatic N) is 3. The van der Waals surface area contributed by atoms with E-state index >= 15 is 0 Å². The van der Waals surface area contributed by atoms with Crippen molar-refractivity contribution in [3.63, 3.8) is 0 Å². The minimum Gasteiger partial charge on any atom is -0.305 e. The molecule has 1 aromatic heterocycles. The van der Waals surface area contributed by atoms with Crippen molar-refractivity contribution in [2.24, 2.45) is 7.05 Å². The molecule has 3 nitrogen and oxygen atoms in total. The fourth-order valence-corrected chi connectivity index (χ4v) is 3.46. The van der Waals surface area contributed by atoms with Crippen molar-refractivity contribution in [2.45, 2.75) is 10.9 Å². The molecule has 0 aliphatic rings. The summed E-state index contributed by atoms with van der Waals surface area (Å²) in [5.41, 5.74) is 2.04. The summed E-state index contributed by atoms with van der Waals surface area (Å²) < 4.78 is 1.97. The van der Waals surface area contributed by atoms with E-state index in [-0.39, 0.29) is 0 Å². The van der Waals surface area contributed by atoms with Crippen LogP contribution in [0.4, 0.5) is 0 Å². The minimum absolute atomic E-state index is 0.686. The van der Waals surface area contributed by atoms with E-state index in [1.54, 1.807) is 11.8 Å². The van der Waals surface area contributed by atoms with Gasteiger partial charge in [0.1, 0.15) is 0 Å². The smallest absolute Gasteiger partial charge is 0.191 e. The number of rotatable bonds is 4. The van der Waals surface area contributed by atoms with Gasteiger partial charge in [0.05, 0.1) is 0 Å². The Morgan fingerprint density at radius 2 is 1.86 bits per heavy atom. The predicted octanol–water partition coefficient (Wildman–Crippen LogP) is 5.08. The van der Waals surface area contributed by atoms with Crippen LogP contribution >= 0.6 is 35.0 Å². The van der Waals surface area contributed by atoms with E-state index in [0.717, 1.165) is 32.9 Å². The van der Waals surface area contributed by atoms with Crippen molar-refractivity contribution in [3.8, 4) is 11.4 Å². The van der Waals surface area contributed by atoms with Crippen molar-refractivity contribution in [1.82, 2.24) is 14.8 Å². The van der Waals surface area contributed by atoms with Gasteiger partial charge in [0.25, 0.3) is 0 Å². The molecular weight excluding hydrogens is 337 g/mol. The first-order valence-electron chi connectivity index (χ1n) is 6.66. The maximum absolute atomic E-state index is 6.18. The molecule has 3 rings (SSSR count). The largest absolute Gasteiger partial charge is 0.305 e. The second kappa shape index (κ2) is 6.73. The third-order valence-corrected chi connectivity index (χ3v) is 4.91. The SMILES string of the molecule is Cn1c(SCc2ccccc2Cl)nnc1-c1cccc(Cl)c1. The average molecular weight is 350 g/mol. The lowest BCUT2D eigenvalue weighted by molar-refractivity contribution is 0.794. The monoisotopic (exact) mass is 349 g/mol. The Hall–Kier alpha value is -1.49. The highest BCUT2D eigenvalue weighted by atomic mass is 35.5. The molecule has 0 bridgehead atoms. The number of halogens is 2. The van der Waals surface area contributed by atoms with Gasteiger partial charge in [-0.3, -0.25) is 0 Å². The lowest BCUT2D eigenvalue weighted by Gasteiger charge is -2.05. The van der Waals surface area contributed by atoms with E-state index < -0.39 is 0 Å². The first-order valence-corrected chi connectivity index (χ1v) is 8.41. The van der Waals surface area contributed by atoms with Crippen LogP contribution in [0, 0.1) is 0 Å². The molecule has 0 amide bonds. The molecule has 0 fully saturated rings. The standard InChI is InChI=1S/C16H13Cl2N3S/c1-21-15(11-6-4-7-13(17)9-11)19-20-16(21)22-10-12-5-2-3-8-14(12)18/h2-9H,10H2,1H3. The third kappa shape index (κ3) is 3.29. The first kappa shape index (κ1) is 15.4. The van der Waals surface area contributed by atoms with Crippen LogP contribution in [-0.4, -0.2) is 14.8 Å². The molecule has 3 aromatic rings. The van der Waals surface area contributed by atoms with Crippen LogP contribution in [0.3, 0.4) is 0 Å². The van der Waals surface area contributed by atoms with Crippen LogP contribution in [0.1, 0.15) is 5.56 Å². The second-order valence-corrected chi connectivity index (χ2v) is 6.54. The zero-order valence-corrected chi connectivity index (χ0v) is 14.2. The molecular formula is C16H13Cl2N3S. The molecule has 0 spiro atoms. The molecule has 0 saturated heterocycles. The fraction of sp³-hybridized carbons (Fsp3) is 0.125. The summed E-state index contributed by atoms with van der Waals surface area (Å²) in [7, 11) is 1.95. The molecule has 0 aliphatic carbocycles. The van der Waals surface area contributed by atoms with Gasteiger partial charge in [-0.25, -0.2) is 0 Å². The summed E-state index contributed by atoms with van der Waals surface area (Å²) in [5, 5.41) is 10.8. The summed E-state index contributed by atoms with van der Waals surface area (Å²) in [6.07, 6.45) is 0. The van der Waals surface area contributed by atoms with Crippen molar-refractivity contribution in [3.05, 3.63) is 64.1 Å². The Morgan fingerprint density at radius 3 is 2.64 bits per heavy atom. The maximum atomic E-state index is 6.18. The van der Waals surface area contributed by atoms with Crippen molar-refractivity contribution < 1.29 is 0 Å². The van der Waals surface area contributed by atoms with E-state index in [2.05, 4.69) is 10.2 Å². The zero-order chi connectivity index (χ0) is 15.5. The maximum Gasteiger partial charge on any atom is 0.191 e. The van der Waals surface area contributed by atoms with Gasteiger partial charge in [-0.2, -0.15) is 0 Å². The van der Waals surface area contributed by atoms with Gasteiger partial charge in [-0.1, -0.05) is 65.3 Å². The molecule has 22 heavy (non-hydrogen) atoms. The normalized spacial score (nSPS) is 10.9. The Morgan fingerprint density at radius 1 is 1.05 bits per heavy atom. The van der Waals surface area contributed by atoms with Crippen molar-refractivity contribution in [2.75, 3.05) is 0 Å². The highest BCUT2D eigenvalue weighted by Crippen LogP contribution is 2.28. The van der Waals surface area contributed by atoms with Crippen molar-refractivity contribution >= 4 is 35.0 Å². The van der Waals surface area contributed by atoms with Crippen LogP contribution in [-0.2, 0) is 12.8 Å². The number of hydrogen-bond acceptors (Lipinski definition) is 3. The lowest BCUT2D eigenvalue weighted by Crippen LogP contribution is -1.95. The molecule has 0 saturated carbocycles. The molecule has 0 aliphatic heterocycles. The van der Waals surface area contributed by atoms with Gasteiger partial charge in [0.15, 0.2) is 11.0 Å². The first-order chi connectivity index (χ1) is 10.6. The van der Waals surface area contributed by atoms with Crippen LogP contribution in [0.2, 0.25) is 10.0 Å². The molecule has 0 radical (unpaired) electrons. The predicted molar refractivity (Wildman–Crippen MR) is 92.5 cm³/mol. The van der Waals surface area contributed by atoms with E-state index in [1.165, 1.54) is 0 Å². The number of benzene rings is 2. The van der Waals surface area contributed by atoms with E-state index in [4.69, 9.17) is 23.2 Å². The second-order valence-electron chi connectivity index (χ2n) is 4.76. The molecule has 2 aromatic carbocycles. The van der Waals surface area contributed by atoms with Crippen molar-refractivity contribution in [1.29, 1.82) is 0 Å². The lowest BCUT2D eigenvalue weighted by atomic mass is 10.2. The molecule has 0 atom stereocenters. The Balaban J connectivity index is 1.81. The highest BCUT2D eigenvalue weighted by molar-refractivity contribution is 7.98. The summed E-state index contributed by atoms with van der Waals surface area (Å²) >= 11 is 13.8. The van der Waals surface area contributed by atoms with Crippen LogP contribution < -0.4 is 0 Å². The van der Waals surface area contributed by atoms with Crippen LogP contribution in [0.25, 0.3) is 11.4 Å². The van der Waals surface area contributed by atoms with E-state index in [0.29, 0.717) is 5.02 Å². The fourth-order valence-electron chi connectivity index (χ4n) is 2.08. The van der Waals surface area contributed by atoms with Gasteiger partial charge >= 0.3 is 0 Å². The van der Waals surface area contributed by atoms with Gasteiger partial charge in [-0.05, 0) is 23.8 Å². The van der Waals surface area contributed by atoms with Gasteiger partial charge < -0.3 is 4.57 Å². The minimum atomic E-state index is 0.686. The number of thioether (sulfide) groups is 1.